The first-order valence-corrected chi connectivity index (χ1v) is 17.3. The first kappa shape index (κ1) is 29.1. The second-order valence-corrected chi connectivity index (χ2v) is 13.0. The lowest BCUT2D eigenvalue weighted by Gasteiger charge is -2.26. The summed E-state index contributed by atoms with van der Waals surface area (Å²) in [6, 6.07) is 69.1. The van der Waals surface area contributed by atoms with Gasteiger partial charge in [-0.2, -0.15) is 0 Å². The molecule has 0 fully saturated rings. The van der Waals surface area contributed by atoms with Crippen LogP contribution < -0.4 is 9.64 Å². The van der Waals surface area contributed by atoms with Gasteiger partial charge in [-0.05, 0) is 100 Å². The second-order valence-electron chi connectivity index (χ2n) is 13.0. The van der Waals surface area contributed by atoms with Crippen LogP contribution in [0.25, 0.3) is 60.9 Å². The van der Waals surface area contributed by atoms with Gasteiger partial charge in [0.1, 0.15) is 0 Å². The Labute approximate surface area is 296 Å². The fourth-order valence-electron chi connectivity index (χ4n) is 7.54. The van der Waals surface area contributed by atoms with E-state index in [9.17, 15) is 0 Å². The van der Waals surface area contributed by atoms with Crippen LogP contribution in [0.5, 0.6) is 11.5 Å². The molecular weight excluding hydrogens is 621 g/mol. The monoisotopic (exact) mass is 652 g/mol. The Kier molecular flexibility index (Phi) is 6.81. The highest BCUT2D eigenvalue weighted by molar-refractivity contribution is 6.12. The predicted octanol–water partition coefficient (Wildman–Crippen LogP) is 13.4. The fraction of sp³-hybridized carbons (Fsp3) is 0. The van der Waals surface area contributed by atoms with Crippen LogP contribution in [0.1, 0.15) is 0 Å². The minimum Gasteiger partial charge on any atom is -0.453 e. The average molecular weight is 653 g/mol. The first-order chi connectivity index (χ1) is 25.3. The smallest absolute Gasteiger partial charge is 0.152 e. The van der Waals surface area contributed by atoms with E-state index in [-0.39, 0.29) is 0 Å². The molecule has 0 atom stereocenters. The van der Waals surface area contributed by atoms with Gasteiger partial charge in [-0.3, -0.25) is 0 Å². The van der Waals surface area contributed by atoms with E-state index in [1.807, 2.05) is 0 Å². The summed E-state index contributed by atoms with van der Waals surface area (Å²) in [5, 5.41) is 2.44. The Balaban J connectivity index is 1.000. The number of hydrogen-bond donors (Lipinski definition) is 0. The van der Waals surface area contributed by atoms with Gasteiger partial charge in [0.25, 0.3) is 0 Å². The summed E-state index contributed by atoms with van der Waals surface area (Å²) in [5.74, 6) is 1.75. The molecule has 1 aliphatic heterocycles. The summed E-state index contributed by atoms with van der Waals surface area (Å²) >= 11 is 0. The van der Waals surface area contributed by atoms with Crippen LogP contribution in [-0.4, -0.2) is 4.57 Å². The van der Waals surface area contributed by atoms with Crippen molar-refractivity contribution in [3.8, 4) is 50.6 Å². The Bertz CT molecular complexity index is 2690. The van der Waals surface area contributed by atoms with Crippen LogP contribution in [-0.2, 0) is 0 Å². The molecule has 0 amide bonds. The summed E-state index contributed by atoms with van der Waals surface area (Å²) in [6.45, 7) is 0. The number of nitrogens with zero attached hydrogens (tertiary/aromatic N) is 2. The normalized spacial score (nSPS) is 11.7. The second kappa shape index (κ2) is 11.9. The number of ether oxygens (including phenoxy) is 1. The fourth-order valence-corrected chi connectivity index (χ4v) is 7.54. The van der Waals surface area contributed by atoms with E-state index in [4.69, 9.17) is 4.74 Å². The maximum absolute atomic E-state index is 6.45. The van der Waals surface area contributed by atoms with Crippen molar-refractivity contribution in [2.45, 2.75) is 0 Å². The molecule has 10 rings (SSSR count). The van der Waals surface area contributed by atoms with E-state index >= 15 is 0 Å². The van der Waals surface area contributed by atoms with E-state index in [0.717, 1.165) is 50.9 Å². The first-order valence-electron chi connectivity index (χ1n) is 17.3. The van der Waals surface area contributed by atoms with E-state index in [0.29, 0.717) is 0 Å². The SMILES string of the molecule is c1ccc(-c2cccc(-c3ccc(N(c4ccccc4)c4ccc(-c5ccc6c(c5)-n5c7ccccc7c7cccc(c75)O6)cc4)cc3)c2)cc1. The molecule has 240 valence electrons. The molecule has 0 N–H and O–H groups in total. The number of para-hydroxylation sites is 3. The third-order valence-corrected chi connectivity index (χ3v) is 9.98. The van der Waals surface area contributed by atoms with Crippen LogP contribution in [0, 0.1) is 0 Å². The molecule has 9 aromatic rings. The molecule has 0 radical (unpaired) electrons. The van der Waals surface area contributed by atoms with Crippen LogP contribution in [0.2, 0.25) is 0 Å². The molecule has 3 heteroatoms. The molecule has 0 bridgehead atoms. The van der Waals surface area contributed by atoms with Crippen LogP contribution in [0.15, 0.2) is 194 Å². The molecule has 3 nitrogen and oxygen atoms in total. The summed E-state index contributed by atoms with van der Waals surface area (Å²) < 4.78 is 8.81. The minimum atomic E-state index is 0.863. The van der Waals surface area contributed by atoms with Gasteiger partial charge in [-0.1, -0.05) is 127 Å². The lowest BCUT2D eigenvalue weighted by molar-refractivity contribution is 0.476. The Morgan fingerprint density at radius 3 is 1.57 bits per heavy atom. The molecule has 8 aromatic carbocycles. The molecule has 1 aromatic heterocycles. The lowest BCUT2D eigenvalue weighted by Crippen LogP contribution is -2.09. The van der Waals surface area contributed by atoms with Crippen molar-refractivity contribution in [3.05, 3.63) is 194 Å². The molecule has 0 unspecified atom stereocenters. The van der Waals surface area contributed by atoms with Crippen LogP contribution in [0.3, 0.4) is 0 Å². The predicted molar refractivity (Wildman–Crippen MR) is 212 cm³/mol. The highest BCUT2D eigenvalue weighted by Crippen LogP contribution is 2.46. The van der Waals surface area contributed by atoms with Crippen molar-refractivity contribution < 1.29 is 4.74 Å². The van der Waals surface area contributed by atoms with Gasteiger partial charge in [-0.15, -0.1) is 0 Å². The van der Waals surface area contributed by atoms with Gasteiger partial charge in [0.15, 0.2) is 11.5 Å². The third kappa shape index (κ3) is 4.98. The van der Waals surface area contributed by atoms with Gasteiger partial charge in [0, 0.05) is 27.8 Å². The summed E-state index contributed by atoms with van der Waals surface area (Å²) in [7, 11) is 0. The number of fused-ring (bicyclic) bond motifs is 5. The molecule has 51 heavy (non-hydrogen) atoms. The molecule has 1 aliphatic rings. The van der Waals surface area contributed by atoms with Crippen molar-refractivity contribution in [2.24, 2.45) is 0 Å². The Morgan fingerprint density at radius 2 is 0.863 bits per heavy atom. The number of aromatic nitrogens is 1. The molecule has 2 heterocycles. The van der Waals surface area contributed by atoms with Crippen molar-refractivity contribution in [1.29, 1.82) is 0 Å². The van der Waals surface area contributed by atoms with Gasteiger partial charge < -0.3 is 14.2 Å². The maximum atomic E-state index is 6.45. The zero-order valence-corrected chi connectivity index (χ0v) is 27.8. The van der Waals surface area contributed by atoms with E-state index in [2.05, 4.69) is 204 Å². The topological polar surface area (TPSA) is 17.4 Å². The minimum absolute atomic E-state index is 0.863. The maximum Gasteiger partial charge on any atom is 0.152 e. The van der Waals surface area contributed by atoms with Crippen LogP contribution >= 0.6 is 0 Å². The number of benzene rings is 8. The number of anilines is 3. The summed E-state index contributed by atoms with van der Waals surface area (Å²) in [4.78, 5) is 2.31. The quantitative estimate of drug-likeness (QED) is 0.178. The van der Waals surface area contributed by atoms with Gasteiger partial charge in [-0.25, -0.2) is 0 Å². The number of hydrogen-bond acceptors (Lipinski definition) is 2. The van der Waals surface area contributed by atoms with Crippen molar-refractivity contribution >= 4 is 38.9 Å². The Morgan fingerprint density at radius 1 is 0.353 bits per heavy atom. The zero-order valence-electron chi connectivity index (χ0n) is 27.8. The van der Waals surface area contributed by atoms with Crippen molar-refractivity contribution in [3.63, 3.8) is 0 Å². The van der Waals surface area contributed by atoms with Crippen molar-refractivity contribution in [2.75, 3.05) is 4.90 Å². The molecule has 0 saturated carbocycles. The third-order valence-electron chi connectivity index (χ3n) is 9.98. The van der Waals surface area contributed by atoms with Gasteiger partial charge in [0.2, 0.25) is 0 Å². The number of rotatable bonds is 6. The average Bonchev–Trinajstić information content (AvgIpc) is 3.55. The van der Waals surface area contributed by atoms with E-state index < -0.39 is 0 Å². The molecule has 0 saturated heterocycles. The van der Waals surface area contributed by atoms with E-state index in [1.54, 1.807) is 0 Å². The summed E-state index contributed by atoms with van der Waals surface area (Å²) in [6.07, 6.45) is 0. The van der Waals surface area contributed by atoms with Gasteiger partial charge in [0.05, 0.1) is 16.7 Å². The molecular formula is C48H32N2O. The summed E-state index contributed by atoms with van der Waals surface area (Å²) in [5.41, 5.74) is 13.8. The zero-order chi connectivity index (χ0) is 33.7. The van der Waals surface area contributed by atoms with Gasteiger partial charge >= 0.3 is 0 Å². The van der Waals surface area contributed by atoms with Crippen LogP contribution in [0.4, 0.5) is 17.1 Å². The highest BCUT2D eigenvalue weighted by atomic mass is 16.5. The van der Waals surface area contributed by atoms with E-state index in [1.165, 1.54) is 38.5 Å². The Hall–Kier alpha value is -6.84. The molecule has 0 aliphatic carbocycles. The lowest BCUT2D eigenvalue weighted by atomic mass is 9.99. The largest absolute Gasteiger partial charge is 0.453 e. The molecule has 0 spiro atoms. The van der Waals surface area contributed by atoms with Crippen molar-refractivity contribution in [1.82, 2.24) is 4.57 Å². The highest BCUT2D eigenvalue weighted by Gasteiger charge is 2.24. The standard InChI is InChI=1S/C48H32N2O/c1-3-11-33(12-4-1)36-13-9-14-37(31-36)34-21-26-40(27-22-34)49(39-15-5-2-6-16-39)41-28-23-35(24-29-41)38-25-30-46-45(32-38)50-44-19-8-7-17-42(44)43-18-10-20-47(51-46)48(43)50/h1-32H.